The summed E-state index contributed by atoms with van der Waals surface area (Å²) in [6.45, 7) is 0. The quantitative estimate of drug-likeness (QED) is 0.672. The molecule has 1 aromatic carbocycles. The van der Waals surface area contributed by atoms with Gasteiger partial charge < -0.3 is 15.3 Å². The van der Waals surface area contributed by atoms with Crippen LogP contribution in [-0.2, 0) is 4.79 Å². The number of aliphatic hydroxyl groups excluding tert-OH is 2. The summed E-state index contributed by atoms with van der Waals surface area (Å²) in [5.41, 5.74) is 0.752. The Bertz CT molecular complexity index is 452. The maximum absolute atomic E-state index is 13.5. The van der Waals surface area contributed by atoms with Crippen molar-refractivity contribution in [2.75, 3.05) is 0 Å². The SMILES string of the molecule is O=C(O)CC(O)C(F)C(O)/C=C/c1ccc(Br)cc1.[NaH]. The van der Waals surface area contributed by atoms with Crippen molar-refractivity contribution in [1.29, 1.82) is 0 Å². The number of hydrogen-bond donors (Lipinski definition) is 3. The minimum atomic E-state index is -2.04. The van der Waals surface area contributed by atoms with E-state index in [1.165, 1.54) is 12.2 Å². The van der Waals surface area contributed by atoms with E-state index < -0.39 is 30.8 Å². The van der Waals surface area contributed by atoms with E-state index in [0.717, 1.165) is 10.0 Å². The Morgan fingerprint density at radius 3 is 2.35 bits per heavy atom. The second kappa shape index (κ2) is 9.65. The number of carboxylic acids is 1. The fraction of sp³-hybridized carbons (Fsp3) is 0.308. The summed E-state index contributed by atoms with van der Waals surface area (Å²) in [7, 11) is 0. The van der Waals surface area contributed by atoms with Gasteiger partial charge in [0.25, 0.3) is 0 Å². The van der Waals surface area contributed by atoms with Crippen molar-refractivity contribution >= 4 is 57.5 Å². The van der Waals surface area contributed by atoms with Crippen LogP contribution in [0, 0.1) is 0 Å². The van der Waals surface area contributed by atoms with E-state index in [1.807, 2.05) is 0 Å². The Hall–Kier alpha value is -0.240. The first kappa shape index (κ1) is 19.8. The van der Waals surface area contributed by atoms with Crippen LogP contribution in [0.4, 0.5) is 4.39 Å². The van der Waals surface area contributed by atoms with Gasteiger partial charge in [0.2, 0.25) is 0 Å². The van der Waals surface area contributed by atoms with Gasteiger partial charge in [-0.15, -0.1) is 0 Å². The van der Waals surface area contributed by atoms with Gasteiger partial charge in [-0.1, -0.05) is 40.2 Å². The Balaban J connectivity index is 0.00000361. The van der Waals surface area contributed by atoms with E-state index >= 15 is 0 Å². The molecule has 106 valence electrons. The molecular formula is C13H15BrFNaO4. The average molecular weight is 357 g/mol. The van der Waals surface area contributed by atoms with Crippen molar-refractivity contribution in [3.63, 3.8) is 0 Å². The predicted octanol–water partition coefficient (Wildman–Crippen LogP) is 1.35. The van der Waals surface area contributed by atoms with Gasteiger partial charge in [-0.3, -0.25) is 4.79 Å². The number of carboxylic acid groups (broad SMARTS) is 1. The molecule has 0 amide bonds. The molecule has 0 saturated heterocycles. The number of carbonyl (C=O) groups is 1. The molecule has 3 unspecified atom stereocenters. The van der Waals surface area contributed by atoms with Gasteiger partial charge in [0.15, 0.2) is 6.17 Å². The Kier molecular flexibility index (Phi) is 9.54. The molecule has 3 atom stereocenters. The first-order chi connectivity index (χ1) is 8.90. The molecule has 0 aliphatic carbocycles. The molecule has 1 aromatic rings. The normalized spacial score (nSPS) is 15.4. The fourth-order valence-corrected chi connectivity index (χ4v) is 1.67. The van der Waals surface area contributed by atoms with Crippen LogP contribution < -0.4 is 0 Å². The molecule has 20 heavy (non-hydrogen) atoms. The monoisotopic (exact) mass is 356 g/mol. The molecular weight excluding hydrogens is 342 g/mol. The molecule has 0 saturated carbocycles. The second-order valence-corrected chi connectivity index (χ2v) is 4.93. The van der Waals surface area contributed by atoms with Crippen molar-refractivity contribution < 1.29 is 24.5 Å². The Morgan fingerprint density at radius 2 is 1.85 bits per heavy atom. The van der Waals surface area contributed by atoms with E-state index in [-0.39, 0.29) is 29.6 Å². The van der Waals surface area contributed by atoms with Crippen molar-refractivity contribution in [3.05, 3.63) is 40.4 Å². The number of alkyl halides is 1. The van der Waals surface area contributed by atoms with Crippen molar-refractivity contribution in [2.45, 2.75) is 24.8 Å². The summed E-state index contributed by atoms with van der Waals surface area (Å²) in [6.07, 6.45) is -3.40. The third kappa shape index (κ3) is 6.97. The molecule has 0 aliphatic rings. The van der Waals surface area contributed by atoms with Gasteiger partial charge in [-0.2, -0.15) is 0 Å². The summed E-state index contributed by atoms with van der Waals surface area (Å²) in [6, 6.07) is 7.10. The number of aliphatic carboxylic acids is 1. The van der Waals surface area contributed by atoms with Crippen molar-refractivity contribution in [1.82, 2.24) is 0 Å². The predicted molar refractivity (Wildman–Crippen MR) is 79.5 cm³/mol. The molecule has 0 spiro atoms. The number of rotatable bonds is 6. The number of aliphatic hydroxyl groups is 2. The van der Waals surface area contributed by atoms with Gasteiger partial charge in [0, 0.05) is 4.47 Å². The standard InChI is InChI=1S/C13H14BrFO4.Na.H/c14-9-4-1-8(2-5-9)3-6-10(16)13(15)11(17)7-12(18)19;;/h1-6,10-11,13,16-17H,7H2,(H,18,19);;/b6-3+;;. The van der Waals surface area contributed by atoms with Crippen LogP contribution >= 0.6 is 15.9 Å². The first-order valence-electron chi connectivity index (χ1n) is 5.56. The molecule has 1 rings (SSSR count). The zero-order chi connectivity index (χ0) is 14.4. The third-order valence-corrected chi connectivity index (χ3v) is 2.96. The zero-order valence-electron chi connectivity index (χ0n) is 9.91. The van der Waals surface area contributed by atoms with Gasteiger partial charge >= 0.3 is 35.5 Å². The van der Waals surface area contributed by atoms with Crippen LogP contribution in [0.3, 0.4) is 0 Å². The van der Waals surface area contributed by atoms with Crippen LogP contribution in [0.15, 0.2) is 34.8 Å². The number of halogens is 2. The van der Waals surface area contributed by atoms with Crippen LogP contribution in [0.1, 0.15) is 12.0 Å². The van der Waals surface area contributed by atoms with E-state index in [0.29, 0.717) is 0 Å². The first-order valence-corrected chi connectivity index (χ1v) is 6.35. The molecule has 7 heteroatoms. The summed E-state index contributed by atoms with van der Waals surface area (Å²) < 4.78 is 14.4. The van der Waals surface area contributed by atoms with Gasteiger partial charge in [0.05, 0.1) is 12.5 Å². The summed E-state index contributed by atoms with van der Waals surface area (Å²) >= 11 is 3.27. The molecule has 0 radical (unpaired) electrons. The molecule has 0 aromatic heterocycles. The summed E-state index contributed by atoms with van der Waals surface area (Å²) in [5.74, 6) is -1.32. The summed E-state index contributed by atoms with van der Waals surface area (Å²) in [5, 5.41) is 27.1. The van der Waals surface area contributed by atoms with Crippen LogP contribution in [0.5, 0.6) is 0 Å². The molecule has 4 nitrogen and oxygen atoms in total. The zero-order valence-corrected chi connectivity index (χ0v) is 11.5. The fourth-order valence-electron chi connectivity index (χ4n) is 1.41. The Morgan fingerprint density at radius 1 is 1.30 bits per heavy atom. The van der Waals surface area contributed by atoms with E-state index in [2.05, 4.69) is 15.9 Å². The average Bonchev–Trinajstić information content (AvgIpc) is 2.36. The minimum absolute atomic E-state index is 0. The topological polar surface area (TPSA) is 77.8 Å². The van der Waals surface area contributed by atoms with Gasteiger partial charge in [-0.25, -0.2) is 4.39 Å². The van der Waals surface area contributed by atoms with Gasteiger partial charge in [-0.05, 0) is 17.7 Å². The van der Waals surface area contributed by atoms with Gasteiger partial charge in [0.1, 0.15) is 6.10 Å². The number of hydrogen-bond acceptors (Lipinski definition) is 3. The van der Waals surface area contributed by atoms with Crippen molar-refractivity contribution in [3.8, 4) is 0 Å². The van der Waals surface area contributed by atoms with E-state index in [4.69, 9.17) is 5.11 Å². The maximum atomic E-state index is 13.5. The summed E-state index contributed by atoms with van der Waals surface area (Å²) in [4.78, 5) is 10.3. The Labute approximate surface area is 146 Å². The van der Waals surface area contributed by atoms with E-state index in [1.54, 1.807) is 24.3 Å². The molecule has 0 fully saturated rings. The number of benzene rings is 1. The van der Waals surface area contributed by atoms with Crippen LogP contribution in [0.2, 0.25) is 0 Å². The second-order valence-electron chi connectivity index (χ2n) is 4.01. The molecule has 3 N–H and O–H groups in total. The van der Waals surface area contributed by atoms with E-state index in [9.17, 15) is 19.4 Å². The molecule has 0 heterocycles. The van der Waals surface area contributed by atoms with Crippen molar-refractivity contribution in [2.24, 2.45) is 0 Å². The van der Waals surface area contributed by atoms with Crippen LogP contribution in [0.25, 0.3) is 6.08 Å². The molecule has 0 bridgehead atoms. The third-order valence-electron chi connectivity index (χ3n) is 2.43. The molecule has 0 aliphatic heterocycles. The van der Waals surface area contributed by atoms with Crippen LogP contribution in [-0.4, -0.2) is 69.2 Å².